The first-order valence-electron chi connectivity index (χ1n) is 5.71. The van der Waals surface area contributed by atoms with Crippen molar-refractivity contribution in [2.45, 2.75) is 0 Å². The maximum absolute atomic E-state index is 6.18. The quantitative estimate of drug-likeness (QED) is 0.519. The summed E-state index contributed by atoms with van der Waals surface area (Å²) in [7, 11) is 3.81. The van der Waals surface area contributed by atoms with E-state index in [1.54, 1.807) is 9.13 Å². The number of aryl methyl sites for hydroxylation is 2. The number of hydrogen-bond donors (Lipinski definition) is 0. The van der Waals surface area contributed by atoms with Gasteiger partial charge >= 0.3 is 11.9 Å². The van der Waals surface area contributed by atoms with Crippen molar-refractivity contribution < 1.29 is 9.13 Å². The standard InChI is InChI=1S/C10H12Cl2N7P/c1-16-3-5-18(7-16)9-13-10(15-20(11,12)14-9)19-6-4-17(2)8-19/h3-8H,1-2H3/q+2. The highest BCUT2D eigenvalue weighted by Gasteiger charge is 2.26. The molecule has 104 valence electrons. The molecule has 0 saturated heterocycles. The molecule has 0 atom stereocenters. The number of halogens is 2. The molecule has 0 spiro atoms. The molecule has 2 aromatic heterocycles. The zero-order valence-electron chi connectivity index (χ0n) is 10.8. The average molecular weight is 332 g/mol. The molecule has 1 aliphatic heterocycles. The Morgan fingerprint density at radius 2 is 1.55 bits per heavy atom. The van der Waals surface area contributed by atoms with Crippen LogP contribution >= 0.6 is 28.4 Å². The van der Waals surface area contributed by atoms with Crippen LogP contribution in [0, 0.1) is 0 Å². The van der Waals surface area contributed by atoms with Crippen LogP contribution in [0.1, 0.15) is 0 Å². The number of rotatable bonds is 0. The Morgan fingerprint density at radius 3 is 2.05 bits per heavy atom. The fourth-order valence-electron chi connectivity index (χ4n) is 1.73. The van der Waals surface area contributed by atoms with Gasteiger partial charge in [0.1, 0.15) is 24.8 Å². The Labute approximate surface area is 125 Å². The van der Waals surface area contributed by atoms with E-state index in [1.807, 2.05) is 60.7 Å². The minimum Gasteiger partial charge on any atom is -0.239 e. The Hall–Kier alpha value is -1.43. The number of hydrogen-bond acceptors (Lipinski definition) is 3. The van der Waals surface area contributed by atoms with Crippen LogP contribution in [0.3, 0.4) is 0 Å². The lowest BCUT2D eigenvalue weighted by atomic mass is 10.8. The maximum atomic E-state index is 6.18. The summed E-state index contributed by atoms with van der Waals surface area (Å²) in [6.45, 7) is 0. The van der Waals surface area contributed by atoms with Crippen molar-refractivity contribution >= 4 is 40.3 Å². The fourth-order valence-corrected chi connectivity index (χ4v) is 3.31. The third-order valence-corrected chi connectivity index (χ3v) is 4.37. The molecule has 20 heavy (non-hydrogen) atoms. The molecule has 0 unspecified atom stereocenters. The van der Waals surface area contributed by atoms with Crippen molar-refractivity contribution in [2.75, 3.05) is 0 Å². The molecule has 0 saturated carbocycles. The van der Waals surface area contributed by atoms with E-state index in [1.165, 1.54) is 0 Å². The van der Waals surface area contributed by atoms with Gasteiger partial charge in [-0.2, -0.15) is 18.6 Å². The second-order valence-electron chi connectivity index (χ2n) is 4.34. The van der Waals surface area contributed by atoms with Crippen LogP contribution in [0.5, 0.6) is 0 Å². The third-order valence-electron chi connectivity index (χ3n) is 2.62. The van der Waals surface area contributed by atoms with Crippen LogP contribution < -0.4 is 9.13 Å². The van der Waals surface area contributed by atoms with Crippen LogP contribution in [0.25, 0.3) is 0 Å². The molecule has 2 aromatic rings. The van der Waals surface area contributed by atoms with Crippen LogP contribution in [0.2, 0.25) is 0 Å². The molecule has 1 aliphatic rings. The fraction of sp³-hybridized carbons (Fsp3) is 0.200. The summed E-state index contributed by atoms with van der Waals surface area (Å²) in [5.74, 6) is -1.95. The summed E-state index contributed by atoms with van der Waals surface area (Å²) in [4.78, 5) is 4.40. The highest BCUT2D eigenvalue weighted by Crippen LogP contribution is 2.62. The zero-order valence-corrected chi connectivity index (χ0v) is 13.2. The molecule has 0 radical (unpaired) electrons. The van der Waals surface area contributed by atoms with Crippen molar-refractivity contribution in [2.24, 2.45) is 28.6 Å². The van der Waals surface area contributed by atoms with Crippen molar-refractivity contribution in [1.29, 1.82) is 0 Å². The van der Waals surface area contributed by atoms with Gasteiger partial charge in [0.2, 0.25) is 0 Å². The van der Waals surface area contributed by atoms with E-state index in [2.05, 4.69) is 14.5 Å². The minimum atomic E-state index is -2.79. The van der Waals surface area contributed by atoms with E-state index in [9.17, 15) is 0 Å². The van der Waals surface area contributed by atoms with E-state index in [-0.39, 0.29) is 0 Å². The summed E-state index contributed by atoms with van der Waals surface area (Å²) in [6.07, 6.45) is 11.1. The van der Waals surface area contributed by atoms with Gasteiger partial charge in [0.25, 0.3) is 18.6 Å². The van der Waals surface area contributed by atoms with Crippen LogP contribution in [0.4, 0.5) is 0 Å². The Kier molecular flexibility index (Phi) is 3.28. The predicted molar refractivity (Wildman–Crippen MR) is 77.9 cm³/mol. The smallest absolute Gasteiger partial charge is 0.239 e. The molecule has 0 amide bonds. The summed E-state index contributed by atoms with van der Waals surface area (Å²) in [5.41, 5.74) is 0. The summed E-state index contributed by atoms with van der Waals surface area (Å²) >= 11 is 12.4. The molecule has 0 bridgehead atoms. The van der Waals surface area contributed by atoms with E-state index < -0.39 is 5.91 Å². The Bertz CT molecular complexity index is 738. The summed E-state index contributed by atoms with van der Waals surface area (Å²) in [5, 5.41) is 0. The van der Waals surface area contributed by atoms with Crippen LogP contribution in [-0.2, 0) is 14.1 Å². The second kappa shape index (κ2) is 4.84. The third kappa shape index (κ3) is 2.70. The van der Waals surface area contributed by atoms with Crippen LogP contribution in [0.15, 0.2) is 51.9 Å². The van der Waals surface area contributed by atoms with Gasteiger partial charge in [-0.1, -0.05) is 0 Å². The van der Waals surface area contributed by atoms with E-state index >= 15 is 0 Å². The highest BCUT2D eigenvalue weighted by molar-refractivity contribution is 8.09. The molecule has 10 heteroatoms. The van der Waals surface area contributed by atoms with Crippen molar-refractivity contribution in [3.63, 3.8) is 0 Å². The van der Waals surface area contributed by atoms with Gasteiger partial charge in [0.05, 0.1) is 14.1 Å². The van der Waals surface area contributed by atoms with Gasteiger partial charge < -0.3 is 0 Å². The largest absolute Gasteiger partial charge is 0.333 e. The SMILES string of the molecule is C[n+]1ccn(C2=NC(n3cc[n+](C)c3)=NP(Cl)(Cl)=N2)c1. The van der Waals surface area contributed by atoms with E-state index in [0.29, 0.717) is 11.9 Å². The summed E-state index contributed by atoms with van der Waals surface area (Å²) < 4.78 is 15.7. The molecule has 3 heterocycles. The first kappa shape index (κ1) is 13.5. The molecule has 0 aromatic carbocycles. The lowest BCUT2D eigenvalue weighted by Gasteiger charge is -2.08. The molecule has 7 nitrogen and oxygen atoms in total. The van der Waals surface area contributed by atoms with Crippen molar-refractivity contribution in [3.05, 3.63) is 37.4 Å². The molecule has 0 fully saturated rings. The lowest BCUT2D eigenvalue weighted by Crippen LogP contribution is -2.26. The van der Waals surface area contributed by atoms with Crippen LogP contribution in [-0.4, -0.2) is 21.1 Å². The monoisotopic (exact) mass is 331 g/mol. The first-order chi connectivity index (χ1) is 9.43. The number of nitrogens with zero attached hydrogens (tertiary/aromatic N) is 7. The molecular formula is C10H12Cl2N7P+2. The second-order valence-corrected chi connectivity index (χ2v) is 9.00. The highest BCUT2D eigenvalue weighted by atomic mass is 35.9. The number of aromatic nitrogens is 4. The Morgan fingerprint density at radius 1 is 1.00 bits per heavy atom. The molecule has 0 aliphatic carbocycles. The number of aliphatic imine (C=N–C) groups is 1. The topological polar surface area (TPSA) is 54.7 Å². The van der Waals surface area contributed by atoms with E-state index in [4.69, 9.17) is 22.5 Å². The van der Waals surface area contributed by atoms with Crippen molar-refractivity contribution in [3.8, 4) is 0 Å². The van der Waals surface area contributed by atoms with Gasteiger partial charge in [-0.25, -0.2) is 9.13 Å². The molecule has 0 N–H and O–H groups in total. The Balaban J connectivity index is 2.10. The maximum Gasteiger partial charge on any atom is 0.333 e. The summed E-state index contributed by atoms with van der Waals surface area (Å²) in [6, 6.07) is 0. The first-order valence-corrected chi connectivity index (χ1v) is 9.21. The van der Waals surface area contributed by atoms with Crippen molar-refractivity contribution in [1.82, 2.24) is 9.13 Å². The molecular weight excluding hydrogens is 320 g/mol. The lowest BCUT2D eigenvalue weighted by molar-refractivity contribution is -0.670. The van der Waals surface area contributed by atoms with E-state index in [0.717, 1.165) is 0 Å². The minimum absolute atomic E-state index is 0.422. The average Bonchev–Trinajstić information content (AvgIpc) is 2.96. The van der Waals surface area contributed by atoms with Gasteiger partial charge in [-0.15, -0.1) is 4.99 Å². The van der Waals surface area contributed by atoms with Gasteiger partial charge in [0.15, 0.2) is 0 Å². The normalized spacial score (nSPS) is 17.4. The zero-order chi connectivity index (χ0) is 14.3. The number of imidazole rings is 2. The van der Waals surface area contributed by atoms with Gasteiger partial charge in [0, 0.05) is 0 Å². The van der Waals surface area contributed by atoms with Gasteiger partial charge in [-0.05, 0) is 22.5 Å². The predicted octanol–water partition coefficient (Wildman–Crippen LogP) is 1.48. The molecule has 3 rings (SSSR count). The van der Waals surface area contributed by atoms with Gasteiger partial charge in [-0.3, -0.25) is 0 Å².